The van der Waals surface area contributed by atoms with Crippen LogP contribution in [0.15, 0.2) is 34.9 Å². The van der Waals surface area contributed by atoms with Crippen molar-refractivity contribution in [3.63, 3.8) is 0 Å². The number of aromatic nitrogens is 1. The molecule has 0 saturated heterocycles. The number of oxazole rings is 1. The SMILES string of the molecule is Cc1cn(CC(=O)c2ccc(F)cc2)c(=N)o1. The van der Waals surface area contributed by atoms with Gasteiger partial charge in [0.1, 0.15) is 11.6 Å². The zero-order chi connectivity index (χ0) is 12.4. The maximum atomic E-state index is 12.7. The Bertz CT molecular complexity index is 596. The molecule has 0 amide bonds. The smallest absolute Gasteiger partial charge is 0.294 e. The van der Waals surface area contributed by atoms with Crippen LogP contribution >= 0.6 is 0 Å². The number of hydrogen-bond acceptors (Lipinski definition) is 3. The number of ketones is 1. The molecule has 5 heteroatoms. The lowest BCUT2D eigenvalue weighted by Gasteiger charge is -2.01. The molecule has 4 nitrogen and oxygen atoms in total. The van der Waals surface area contributed by atoms with Crippen LogP contribution in [0.3, 0.4) is 0 Å². The van der Waals surface area contributed by atoms with Crippen LogP contribution in [-0.4, -0.2) is 10.4 Å². The first kappa shape index (κ1) is 11.3. The molecule has 0 fully saturated rings. The summed E-state index contributed by atoms with van der Waals surface area (Å²) in [5.41, 5.74) is 0.343. The summed E-state index contributed by atoms with van der Waals surface area (Å²) in [7, 11) is 0. The second-order valence-corrected chi connectivity index (χ2v) is 3.70. The normalized spacial score (nSPS) is 10.5. The van der Waals surface area contributed by atoms with Crippen molar-refractivity contribution in [3.05, 3.63) is 53.3 Å². The molecule has 0 atom stereocenters. The van der Waals surface area contributed by atoms with E-state index >= 15 is 0 Å². The van der Waals surface area contributed by atoms with Crippen LogP contribution in [0.2, 0.25) is 0 Å². The highest BCUT2D eigenvalue weighted by molar-refractivity contribution is 5.95. The van der Waals surface area contributed by atoms with E-state index in [4.69, 9.17) is 9.83 Å². The monoisotopic (exact) mass is 234 g/mol. The second-order valence-electron chi connectivity index (χ2n) is 3.70. The van der Waals surface area contributed by atoms with Gasteiger partial charge in [0, 0.05) is 11.8 Å². The van der Waals surface area contributed by atoms with Crippen LogP contribution in [0.25, 0.3) is 0 Å². The van der Waals surface area contributed by atoms with Gasteiger partial charge in [-0.15, -0.1) is 0 Å². The largest absolute Gasteiger partial charge is 0.429 e. The highest BCUT2D eigenvalue weighted by Gasteiger charge is 2.08. The molecule has 0 aliphatic rings. The molecule has 0 aliphatic carbocycles. The minimum atomic E-state index is -0.380. The van der Waals surface area contributed by atoms with Crippen LogP contribution in [0.1, 0.15) is 16.1 Å². The van der Waals surface area contributed by atoms with Gasteiger partial charge < -0.3 is 4.42 Å². The van der Waals surface area contributed by atoms with Crippen molar-refractivity contribution in [1.82, 2.24) is 4.57 Å². The fourth-order valence-corrected chi connectivity index (χ4v) is 1.51. The van der Waals surface area contributed by atoms with E-state index in [-0.39, 0.29) is 23.8 Å². The minimum Gasteiger partial charge on any atom is -0.429 e. The Balaban J connectivity index is 2.20. The summed E-state index contributed by atoms with van der Waals surface area (Å²) in [6, 6.07) is 5.32. The molecule has 1 N–H and O–H groups in total. The van der Waals surface area contributed by atoms with E-state index in [1.54, 1.807) is 13.1 Å². The summed E-state index contributed by atoms with van der Waals surface area (Å²) in [5, 5.41) is 7.47. The zero-order valence-corrected chi connectivity index (χ0v) is 9.24. The molecular weight excluding hydrogens is 223 g/mol. The first-order valence-corrected chi connectivity index (χ1v) is 5.06. The maximum absolute atomic E-state index is 12.7. The van der Waals surface area contributed by atoms with Gasteiger partial charge in [-0.1, -0.05) is 0 Å². The van der Waals surface area contributed by atoms with Gasteiger partial charge in [0.2, 0.25) is 0 Å². The zero-order valence-electron chi connectivity index (χ0n) is 9.24. The van der Waals surface area contributed by atoms with E-state index in [1.165, 1.54) is 28.8 Å². The number of nitrogens with one attached hydrogen (secondary N) is 1. The number of Topliss-reactive ketones (excluding diaryl/α,β-unsaturated/α-hetero) is 1. The summed E-state index contributed by atoms with van der Waals surface area (Å²) in [6.45, 7) is 1.72. The summed E-state index contributed by atoms with van der Waals surface area (Å²) < 4.78 is 19.1. The van der Waals surface area contributed by atoms with Gasteiger partial charge >= 0.3 is 0 Å². The van der Waals surface area contributed by atoms with E-state index in [1.807, 2.05) is 0 Å². The van der Waals surface area contributed by atoms with E-state index in [9.17, 15) is 9.18 Å². The van der Waals surface area contributed by atoms with Gasteiger partial charge in [-0.05, 0) is 31.2 Å². The van der Waals surface area contributed by atoms with Crippen LogP contribution in [0.5, 0.6) is 0 Å². The number of carbonyl (C=O) groups excluding carboxylic acids is 1. The standard InChI is InChI=1S/C12H11FN2O2/c1-8-6-15(12(14)17-8)7-11(16)9-2-4-10(13)5-3-9/h2-6,14H,7H2,1H3. The van der Waals surface area contributed by atoms with Gasteiger partial charge in [0.25, 0.3) is 5.68 Å². The molecule has 1 aromatic heterocycles. The molecule has 0 bridgehead atoms. The topological polar surface area (TPSA) is 59.0 Å². The van der Waals surface area contributed by atoms with Gasteiger partial charge in [-0.3, -0.25) is 14.8 Å². The van der Waals surface area contributed by atoms with Gasteiger partial charge in [-0.2, -0.15) is 0 Å². The molecule has 88 valence electrons. The Morgan fingerprint density at radius 2 is 2.06 bits per heavy atom. The third kappa shape index (κ3) is 2.50. The molecule has 17 heavy (non-hydrogen) atoms. The van der Waals surface area contributed by atoms with Crippen molar-refractivity contribution >= 4 is 5.78 Å². The Kier molecular flexibility index (Phi) is 2.91. The van der Waals surface area contributed by atoms with Gasteiger partial charge in [-0.25, -0.2) is 4.39 Å². The predicted octanol–water partition coefficient (Wildman–Crippen LogP) is 1.89. The molecule has 0 unspecified atom stereocenters. The number of hydrogen-bond donors (Lipinski definition) is 1. The Hall–Kier alpha value is -2.17. The molecule has 1 heterocycles. The lowest BCUT2D eigenvalue weighted by atomic mass is 10.1. The van der Waals surface area contributed by atoms with Crippen molar-refractivity contribution < 1.29 is 13.6 Å². The van der Waals surface area contributed by atoms with E-state index in [2.05, 4.69) is 0 Å². The number of nitrogens with zero attached hydrogens (tertiary/aromatic N) is 1. The molecule has 0 saturated carbocycles. The third-order valence-corrected chi connectivity index (χ3v) is 2.34. The minimum absolute atomic E-state index is 0.0157. The van der Waals surface area contributed by atoms with E-state index in [0.717, 1.165) is 0 Å². The highest BCUT2D eigenvalue weighted by atomic mass is 19.1. The molecule has 0 aliphatic heterocycles. The predicted molar refractivity (Wildman–Crippen MR) is 58.0 cm³/mol. The molecule has 2 aromatic rings. The van der Waals surface area contributed by atoms with Crippen molar-refractivity contribution in [2.45, 2.75) is 13.5 Å². The molecule has 0 radical (unpaired) electrons. The summed E-state index contributed by atoms with van der Waals surface area (Å²) in [4.78, 5) is 11.8. The number of benzene rings is 1. The lowest BCUT2D eigenvalue weighted by Crippen LogP contribution is -2.19. The molecular formula is C12H11FN2O2. The summed E-state index contributed by atoms with van der Waals surface area (Å²) in [6.07, 6.45) is 1.59. The van der Waals surface area contributed by atoms with Crippen LogP contribution in [0.4, 0.5) is 4.39 Å². The van der Waals surface area contributed by atoms with Gasteiger partial charge in [0.15, 0.2) is 5.78 Å². The van der Waals surface area contributed by atoms with Gasteiger partial charge in [0.05, 0.1) is 6.54 Å². The maximum Gasteiger partial charge on any atom is 0.294 e. The molecule has 1 aromatic carbocycles. The Morgan fingerprint density at radius 1 is 1.41 bits per heavy atom. The fourth-order valence-electron chi connectivity index (χ4n) is 1.51. The van der Waals surface area contributed by atoms with Crippen LogP contribution in [-0.2, 0) is 6.54 Å². The summed E-state index contributed by atoms with van der Waals surface area (Å²) in [5.74, 6) is 0.000690. The number of carbonyl (C=O) groups is 1. The van der Waals surface area contributed by atoms with Crippen molar-refractivity contribution in [2.24, 2.45) is 0 Å². The average Bonchev–Trinajstić information content (AvgIpc) is 2.58. The van der Waals surface area contributed by atoms with E-state index in [0.29, 0.717) is 11.3 Å². The van der Waals surface area contributed by atoms with Crippen molar-refractivity contribution in [1.29, 1.82) is 5.41 Å². The Labute approximate surface area is 96.8 Å². The van der Waals surface area contributed by atoms with Crippen LogP contribution < -0.4 is 5.68 Å². The summed E-state index contributed by atoms with van der Waals surface area (Å²) >= 11 is 0. The molecule has 0 spiro atoms. The van der Waals surface area contributed by atoms with Crippen LogP contribution in [0, 0.1) is 18.2 Å². The number of aryl methyl sites for hydroxylation is 1. The molecule has 2 rings (SSSR count). The first-order chi connectivity index (χ1) is 8.06. The number of rotatable bonds is 3. The quantitative estimate of drug-likeness (QED) is 0.824. The average molecular weight is 234 g/mol. The number of halogens is 1. The van der Waals surface area contributed by atoms with Crippen molar-refractivity contribution in [3.8, 4) is 0 Å². The second kappa shape index (κ2) is 4.37. The highest BCUT2D eigenvalue weighted by Crippen LogP contribution is 2.05. The third-order valence-electron chi connectivity index (χ3n) is 2.34. The fraction of sp³-hybridized carbons (Fsp3) is 0.167. The first-order valence-electron chi connectivity index (χ1n) is 5.06. The van der Waals surface area contributed by atoms with Crippen molar-refractivity contribution in [2.75, 3.05) is 0 Å². The lowest BCUT2D eigenvalue weighted by molar-refractivity contribution is 0.0968. The van der Waals surface area contributed by atoms with E-state index < -0.39 is 0 Å². The Morgan fingerprint density at radius 3 is 2.59 bits per heavy atom.